The molecule has 3 rings (SSSR count). The van der Waals surface area contributed by atoms with Gasteiger partial charge in [-0.2, -0.15) is 5.26 Å². The second kappa shape index (κ2) is 4.71. The average Bonchev–Trinajstić information content (AvgIpc) is 2.51. The number of benzene rings is 2. The van der Waals surface area contributed by atoms with Crippen molar-refractivity contribution in [3.05, 3.63) is 54.1 Å². The van der Waals surface area contributed by atoms with Crippen molar-refractivity contribution in [2.45, 2.75) is 0 Å². The smallest absolute Gasteiger partial charge is 0.246 e. The number of para-hydroxylation sites is 1. The fourth-order valence-corrected chi connectivity index (χ4v) is 2.39. The van der Waals surface area contributed by atoms with E-state index in [2.05, 4.69) is 6.07 Å². The fourth-order valence-electron chi connectivity index (χ4n) is 2.39. The van der Waals surface area contributed by atoms with E-state index in [9.17, 15) is 4.79 Å². The Kier molecular flexibility index (Phi) is 2.88. The first kappa shape index (κ1) is 12.2. The Morgan fingerprint density at radius 1 is 1.10 bits per heavy atom. The maximum absolute atomic E-state index is 12.1. The highest BCUT2D eigenvalue weighted by Gasteiger charge is 2.27. The number of nitrogens with zero attached hydrogens (tertiary/aromatic N) is 3. The van der Waals surface area contributed by atoms with Crippen LogP contribution in [0.5, 0.6) is 0 Å². The van der Waals surface area contributed by atoms with E-state index in [1.807, 2.05) is 41.3 Å². The summed E-state index contributed by atoms with van der Waals surface area (Å²) < 4.78 is 0. The fraction of sp³-hybridized carbons (Fsp3) is 0.125. The van der Waals surface area contributed by atoms with Crippen molar-refractivity contribution >= 4 is 23.0 Å². The van der Waals surface area contributed by atoms with Gasteiger partial charge in [0.2, 0.25) is 5.91 Å². The molecule has 0 unspecified atom stereocenters. The Balaban J connectivity index is 2.15. The Bertz CT molecular complexity index is 703. The standard InChI is InChI=1S/C16H13N3O/c1-18-15-9-12(10-17)7-8-14(15)19(11-16(18)20)13-5-3-2-4-6-13/h2-9H,11H2,1H3. The zero-order chi connectivity index (χ0) is 14.1. The third kappa shape index (κ3) is 1.90. The van der Waals surface area contributed by atoms with Crippen molar-refractivity contribution < 1.29 is 4.79 Å². The summed E-state index contributed by atoms with van der Waals surface area (Å²) >= 11 is 0. The van der Waals surface area contributed by atoms with Crippen LogP contribution in [0, 0.1) is 11.3 Å². The van der Waals surface area contributed by atoms with Gasteiger partial charge in [0.15, 0.2) is 0 Å². The largest absolute Gasteiger partial charge is 0.330 e. The highest BCUT2D eigenvalue weighted by atomic mass is 16.2. The molecule has 0 spiro atoms. The lowest BCUT2D eigenvalue weighted by Gasteiger charge is -2.35. The number of fused-ring (bicyclic) bond motifs is 1. The number of amides is 1. The summed E-state index contributed by atoms with van der Waals surface area (Å²) in [5, 5.41) is 9.01. The molecule has 4 nitrogen and oxygen atoms in total. The predicted molar refractivity (Wildman–Crippen MR) is 78.0 cm³/mol. The lowest BCUT2D eigenvalue weighted by Crippen LogP contribution is -2.41. The maximum Gasteiger partial charge on any atom is 0.246 e. The number of rotatable bonds is 1. The number of carbonyl (C=O) groups excluding carboxylic acids is 1. The van der Waals surface area contributed by atoms with Gasteiger partial charge in [-0.1, -0.05) is 18.2 Å². The van der Waals surface area contributed by atoms with Gasteiger partial charge >= 0.3 is 0 Å². The van der Waals surface area contributed by atoms with E-state index in [1.54, 1.807) is 24.1 Å². The Hall–Kier alpha value is -2.80. The van der Waals surface area contributed by atoms with Gasteiger partial charge in [0, 0.05) is 12.7 Å². The summed E-state index contributed by atoms with van der Waals surface area (Å²) in [5.74, 6) is 0.0106. The molecule has 1 aliphatic heterocycles. The third-order valence-corrected chi connectivity index (χ3v) is 3.49. The summed E-state index contributed by atoms with van der Waals surface area (Å²) in [7, 11) is 1.74. The average molecular weight is 263 g/mol. The lowest BCUT2D eigenvalue weighted by atomic mass is 10.1. The minimum absolute atomic E-state index is 0.0106. The van der Waals surface area contributed by atoms with Crippen LogP contribution in [0.4, 0.5) is 17.1 Å². The van der Waals surface area contributed by atoms with Crippen LogP contribution >= 0.6 is 0 Å². The van der Waals surface area contributed by atoms with Crippen LogP contribution in [-0.2, 0) is 4.79 Å². The van der Waals surface area contributed by atoms with Crippen LogP contribution in [0.2, 0.25) is 0 Å². The molecule has 1 amide bonds. The molecule has 0 saturated heterocycles. The van der Waals surface area contributed by atoms with Crippen LogP contribution in [0.25, 0.3) is 0 Å². The van der Waals surface area contributed by atoms with Gasteiger partial charge < -0.3 is 9.80 Å². The molecule has 0 radical (unpaired) electrons. The van der Waals surface area contributed by atoms with E-state index in [4.69, 9.17) is 5.26 Å². The van der Waals surface area contributed by atoms with Gasteiger partial charge in [-0.3, -0.25) is 4.79 Å². The van der Waals surface area contributed by atoms with Gasteiger partial charge in [0.1, 0.15) is 6.54 Å². The number of carbonyl (C=O) groups is 1. The molecule has 0 N–H and O–H groups in total. The lowest BCUT2D eigenvalue weighted by molar-refractivity contribution is -0.117. The monoisotopic (exact) mass is 263 g/mol. The topological polar surface area (TPSA) is 47.3 Å². The molecule has 2 aromatic rings. The van der Waals surface area contributed by atoms with Crippen molar-refractivity contribution in [1.82, 2.24) is 0 Å². The number of hydrogen-bond donors (Lipinski definition) is 0. The summed E-state index contributed by atoms with van der Waals surface area (Å²) in [6, 6.07) is 17.3. The molecule has 20 heavy (non-hydrogen) atoms. The molecule has 98 valence electrons. The van der Waals surface area contributed by atoms with E-state index in [0.717, 1.165) is 17.1 Å². The molecule has 4 heteroatoms. The zero-order valence-electron chi connectivity index (χ0n) is 11.1. The molecule has 2 aromatic carbocycles. The number of likely N-dealkylation sites (N-methyl/N-ethyl adjacent to an activating group) is 1. The summed E-state index contributed by atoms with van der Waals surface area (Å²) in [6.07, 6.45) is 0. The number of hydrogen-bond acceptors (Lipinski definition) is 3. The number of anilines is 3. The molecule has 1 aliphatic rings. The minimum atomic E-state index is 0.0106. The summed E-state index contributed by atoms with van der Waals surface area (Å²) in [4.78, 5) is 15.7. The van der Waals surface area contributed by atoms with Crippen LogP contribution in [0.15, 0.2) is 48.5 Å². The van der Waals surface area contributed by atoms with Gasteiger partial charge in [0.25, 0.3) is 0 Å². The summed E-state index contributed by atoms with van der Waals surface area (Å²) in [6.45, 7) is 0.305. The zero-order valence-corrected chi connectivity index (χ0v) is 11.1. The molecular formula is C16H13N3O. The van der Waals surface area contributed by atoms with E-state index < -0.39 is 0 Å². The van der Waals surface area contributed by atoms with E-state index in [-0.39, 0.29) is 5.91 Å². The SMILES string of the molecule is CN1C(=O)CN(c2ccccc2)c2ccc(C#N)cc21. The van der Waals surface area contributed by atoms with E-state index in [1.165, 1.54) is 0 Å². The highest BCUT2D eigenvalue weighted by molar-refractivity contribution is 6.04. The quantitative estimate of drug-likeness (QED) is 0.794. The van der Waals surface area contributed by atoms with Crippen molar-refractivity contribution in [3.63, 3.8) is 0 Å². The molecule has 0 fully saturated rings. The first-order valence-corrected chi connectivity index (χ1v) is 6.34. The van der Waals surface area contributed by atoms with Crippen LogP contribution in [-0.4, -0.2) is 19.5 Å². The van der Waals surface area contributed by atoms with Crippen molar-refractivity contribution in [2.24, 2.45) is 0 Å². The summed E-state index contributed by atoms with van der Waals surface area (Å²) in [5.41, 5.74) is 3.24. The van der Waals surface area contributed by atoms with Crippen LogP contribution < -0.4 is 9.80 Å². The van der Waals surface area contributed by atoms with Crippen molar-refractivity contribution in [2.75, 3.05) is 23.4 Å². The predicted octanol–water partition coefficient (Wildman–Crippen LogP) is 2.67. The second-order valence-electron chi connectivity index (χ2n) is 4.69. The molecule has 0 aromatic heterocycles. The van der Waals surface area contributed by atoms with E-state index >= 15 is 0 Å². The molecule has 0 aliphatic carbocycles. The van der Waals surface area contributed by atoms with Gasteiger partial charge in [-0.15, -0.1) is 0 Å². The molecule has 0 bridgehead atoms. The molecule has 1 heterocycles. The normalized spacial score (nSPS) is 13.9. The Labute approximate surface area is 117 Å². The Morgan fingerprint density at radius 2 is 1.85 bits per heavy atom. The van der Waals surface area contributed by atoms with E-state index in [0.29, 0.717) is 12.1 Å². The molecule has 0 atom stereocenters. The van der Waals surface area contributed by atoms with Gasteiger partial charge in [-0.05, 0) is 30.3 Å². The van der Waals surface area contributed by atoms with Gasteiger partial charge in [0.05, 0.1) is 23.0 Å². The van der Waals surface area contributed by atoms with Crippen LogP contribution in [0.3, 0.4) is 0 Å². The third-order valence-electron chi connectivity index (χ3n) is 3.49. The van der Waals surface area contributed by atoms with Crippen LogP contribution in [0.1, 0.15) is 5.56 Å². The highest BCUT2D eigenvalue weighted by Crippen LogP contribution is 2.37. The molecular weight excluding hydrogens is 250 g/mol. The minimum Gasteiger partial charge on any atom is -0.330 e. The van der Waals surface area contributed by atoms with Crippen molar-refractivity contribution in [3.8, 4) is 6.07 Å². The van der Waals surface area contributed by atoms with Gasteiger partial charge in [-0.25, -0.2) is 0 Å². The second-order valence-corrected chi connectivity index (χ2v) is 4.69. The molecule has 0 saturated carbocycles. The first-order chi connectivity index (χ1) is 9.70. The maximum atomic E-state index is 12.1. The Morgan fingerprint density at radius 3 is 2.55 bits per heavy atom. The van der Waals surface area contributed by atoms with Crippen molar-refractivity contribution in [1.29, 1.82) is 5.26 Å². The first-order valence-electron chi connectivity index (χ1n) is 6.34. The number of nitriles is 1.